The summed E-state index contributed by atoms with van der Waals surface area (Å²) >= 11 is 0. The molecule has 7 heteroatoms. The lowest BCUT2D eigenvalue weighted by atomic mass is 10.0. The first kappa shape index (κ1) is 16.0. The molecule has 1 aliphatic rings. The minimum Gasteiger partial charge on any atom is -0.366 e. The molecule has 1 aromatic heterocycles. The highest BCUT2D eigenvalue weighted by Gasteiger charge is 2.29. The summed E-state index contributed by atoms with van der Waals surface area (Å²) < 4.78 is 53.9. The molecule has 1 aromatic rings. The van der Waals surface area contributed by atoms with Crippen LogP contribution in [0, 0.1) is 23.5 Å². The molecule has 2 rings (SSSR count). The van der Waals surface area contributed by atoms with Gasteiger partial charge < -0.3 is 9.80 Å². The van der Waals surface area contributed by atoms with E-state index in [1.807, 2.05) is 0 Å². The molecule has 0 saturated carbocycles. The van der Waals surface area contributed by atoms with Gasteiger partial charge in [0.05, 0.1) is 0 Å². The lowest BCUT2D eigenvalue weighted by Gasteiger charge is -2.37. The zero-order valence-corrected chi connectivity index (χ0v) is 12.2. The van der Waals surface area contributed by atoms with Crippen molar-refractivity contribution in [1.29, 1.82) is 0 Å². The molecule has 0 unspecified atom stereocenters. The van der Waals surface area contributed by atoms with Crippen molar-refractivity contribution in [2.75, 3.05) is 31.6 Å². The molecule has 0 N–H and O–H groups in total. The number of rotatable bonds is 4. The van der Waals surface area contributed by atoms with Crippen molar-refractivity contribution >= 4 is 5.69 Å². The van der Waals surface area contributed by atoms with Crippen LogP contribution in [-0.2, 0) is 0 Å². The maximum Gasteiger partial charge on any atom is 0.253 e. The number of nitrogens with zero attached hydrogens (tertiary/aromatic N) is 3. The Hall–Kier alpha value is -1.37. The molecular formula is C14H19F4N3. The molecule has 21 heavy (non-hydrogen) atoms. The Balaban J connectivity index is 2.16. The van der Waals surface area contributed by atoms with Gasteiger partial charge in [0.2, 0.25) is 11.6 Å². The number of likely N-dealkylation sites (tertiary alicyclic amines) is 1. The standard InChI is InChI=1S/C14H19F4N3/c1-3-6-21-7-4-9(5-8-21)20(2)12-10(15)13(17)19-14(18)11(12)16/h9H,3-8H2,1-2H3. The van der Waals surface area contributed by atoms with E-state index < -0.39 is 29.2 Å². The van der Waals surface area contributed by atoms with E-state index in [2.05, 4.69) is 16.8 Å². The summed E-state index contributed by atoms with van der Waals surface area (Å²) in [4.78, 5) is 6.14. The first-order valence-corrected chi connectivity index (χ1v) is 7.10. The molecule has 0 radical (unpaired) electrons. The van der Waals surface area contributed by atoms with Crippen LogP contribution in [0.15, 0.2) is 0 Å². The quantitative estimate of drug-likeness (QED) is 0.630. The van der Waals surface area contributed by atoms with E-state index in [1.54, 1.807) is 0 Å². The normalized spacial score (nSPS) is 17.2. The Labute approximate surface area is 121 Å². The number of piperidine rings is 1. The van der Waals surface area contributed by atoms with Crippen molar-refractivity contribution in [2.45, 2.75) is 32.2 Å². The zero-order chi connectivity index (χ0) is 15.6. The molecule has 1 aliphatic heterocycles. The van der Waals surface area contributed by atoms with E-state index in [1.165, 1.54) is 11.9 Å². The van der Waals surface area contributed by atoms with Gasteiger partial charge in [-0.25, -0.2) is 0 Å². The van der Waals surface area contributed by atoms with E-state index in [0.717, 1.165) is 26.1 Å². The van der Waals surface area contributed by atoms with Crippen LogP contribution in [0.25, 0.3) is 0 Å². The smallest absolute Gasteiger partial charge is 0.253 e. The van der Waals surface area contributed by atoms with Gasteiger partial charge >= 0.3 is 0 Å². The number of halogens is 4. The van der Waals surface area contributed by atoms with E-state index in [0.29, 0.717) is 12.8 Å². The molecule has 0 amide bonds. The van der Waals surface area contributed by atoms with Crippen molar-refractivity contribution in [3.63, 3.8) is 0 Å². The van der Waals surface area contributed by atoms with Crippen LogP contribution >= 0.6 is 0 Å². The molecule has 0 bridgehead atoms. The first-order valence-electron chi connectivity index (χ1n) is 7.10. The van der Waals surface area contributed by atoms with Crippen LogP contribution < -0.4 is 4.90 Å². The monoisotopic (exact) mass is 305 g/mol. The van der Waals surface area contributed by atoms with E-state index >= 15 is 0 Å². The van der Waals surface area contributed by atoms with Gasteiger partial charge in [-0.15, -0.1) is 0 Å². The van der Waals surface area contributed by atoms with Gasteiger partial charge in [0.25, 0.3) is 11.9 Å². The van der Waals surface area contributed by atoms with Crippen LogP contribution in [0.3, 0.4) is 0 Å². The summed E-state index contributed by atoms with van der Waals surface area (Å²) in [5, 5.41) is 0. The fourth-order valence-corrected chi connectivity index (χ4v) is 2.81. The van der Waals surface area contributed by atoms with Crippen molar-refractivity contribution in [2.24, 2.45) is 0 Å². The molecular weight excluding hydrogens is 286 g/mol. The highest BCUT2D eigenvalue weighted by Crippen LogP contribution is 2.29. The highest BCUT2D eigenvalue weighted by molar-refractivity contribution is 5.48. The topological polar surface area (TPSA) is 19.4 Å². The molecule has 0 atom stereocenters. The summed E-state index contributed by atoms with van der Waals surface area (Å²) in [7, 11) is 1.46. The second-order valence-corrected chi connectivity index (χ2v) is 5.35. The number of aromatic nitrogens is 1. The van der Waals surface area contributed by atoms with E-state index in [4.69, 9.17) is 0 Å². The van der Waals surface area contributed by atoms with Gasteiger partial charge in [-0.3, -0.25) is 0 Å². The van der Waals surface area contributed by atoms with Crippen LogP contribution in [0.1, 0.15) is 26.2 Å². The Morgan fingerprint density at radius 2 is 1.62 bits per heavy atom. The van der Waals surface area contributed by atoms with Crippen LogP contribution in [0.5, 0.6) is 0 Å². The molecule has 1 saturated heterocycles. The minimum atomic E-state index is -1.61. The summed E-state index contributed by atoms with van der Waals surface area (Å²) in [6.07, 6.45) is 2.44. The first-order chi connectivity index (χ1) is 9.95. The van der Waals surface area contributed by atoms with Gasteiger partial charge in [0, 0.05) is 26.2 Å². The third-order valence-corrected chi connectivity index (χ3v) is 3.97. The summed E-state index contributed by atoms with van der Waals surface area (Å²) in [6.45, 7) is 4.69. The fraction of sp³-hybridized carbons (Fsp3) is 0.643. The average Bonchev–Trinajstić information content (AvgIpc) is 2.46. The number of hydrogen-bond donors (Lipinski definition) is 0. The summed E-state index contributed by atoms with van der Waals surface area (Å²) in [5.41, 5.74) is -0.672. The number of anilines is 1. The maximum absolute atomic E-state index is 13.7. The average molecular weight is 305 g/mol. The lowest BCUT2D eigenvalue weighted by Crippen LogP contribution is -2.44. The molecule has 0 aromatic carbocycles. The molecule has 0 aliphatic carbocycles. The third-order valence-electron chi connectivity index (χ3n) is 3.97. The van der Waals surface area contributed by atoms with E-state index in [-0.39, 0.29) is 6.04 Å². The molecule has 3 nitrogen and oxygen atoms in total. The summed E-state index contributed by atoms with van der Waals surface area (Å²) in [6, 6.07) is -0.150. The Morgan fingerprint density at radius 1 is 1.10 bits per heavy atom. The fourth-order valence-electron chi connectivity index (χ4n) is 2.81. The van der Waals surface area contributed by atoms with Gasteiger partial charge in [0.1, 0.15) is 5.69 Å². The molecule has 1 fully saturated rings. The minimum absolute atomic E-state index is 0.150. The molecule has 0 spiro atoms. The Morgan fingerprint density at radius 3 is 2.10 bits per heavy atom. The van der Waals surface area contributed by atoms with Crippen LogP contribution in [-0.4, -0.2) is 42.6 Å². The van der Waals surface area contributed by atoms with Crippen molar-refractivity contribution in [1.82, 2.24) is 9.88 Å². The van der Waals surface area contributed by atoms with E-state index in [9.17, 15) is 17.6 Å². The SMILES string of the molecule is CCCN1CCC(N(C)c2c(F)c(F)nc(F)c2F)CC1. The molecule has 118 valence electrons. The van der Waals surface area contributed by atoms with Crippen molar-refractivity contribution < 1.29 is 17.6 Å². The van der Waals surface area contributed by atoms with Crippen LogP contribution in [0.4, 0.5) is 23.2 Å². The van der Waals surface area contributed by atoms with Crippen molar-refractivity contribution in [3.8, 4) is 0 Å². The van der Waals surface area contributed by atoms with Gasteiger partial charge in [-0.05, 0) is 25.8 Å². The van der Waals surface area contributed by atoms with Gasteiger partial charge in [0.15, 0.2) is 0 Å². The largest absolute Gasteiger partial charge is 0.366 e. The van der Waals surface area contributed by atoms with Crippen molar-refractivity contribution in [3.05, 3.63) is 23.5 Å². The lowest BCUT2D eigenvalue weighted by molar-refractivity contribution is 0.210. The number of hydrogen-bond acceptors (Lipinski definition) is 3. The number of pyridine rings is 1. The second-order valence-electron chi connectivity index (χ2n) is 5.35. The van der Waals surface area contributed by atoms with Gasteiger partial charge in [-0.2, -0.15) is 22.5 Å². The van der Waals surface area contributed by atoms with Crippen LogP contribution in [0.2, 0.25) is 0 Å². The predicted octanol–water partition coefficient (Wildman–Crippen LogP) is 2.95. The predicted molar refractivity (Wildman–Crippen MR) is 72.2 cm³/mol. The maximum atomic E-state index is 13.7. The third kappa shape index (κ3) is 3.28. The Bertz CT molecular complexity index is 475. The Kier molecular flexibility index (Phi) is 5.03. The second kappa shape index (κ2) is 6.60. The zero-order valence-electron chi connectivity index (χ0n) is 12.2. The molecule has 2 heterocycles. The van der Waals surface area contributed by atoms with Gasteiger partial charge in [-0.1, -0.05) is 6.92 Å². The highest BCUT2D eigenvalue weighted by atomic mass is 19.2. The summed E-state index contributed by atoms with van der Waals surface area (Å²) in [5.74, 6) is -6.10.